The van der Waals surface area contributed by atoms with Gasteiger partial charge in [0, 0.05) is 0 Å². The summed E-state index contributed by atoms with van der Waals surface area (Å²) in [5, 5.41) is 14.7. The van der Waals surface area contributed by atoms with Gasteiger partial charge < -0.3 is 36.4 Å². The quantitative estimate of drug-likeness (QED) is 0.0736. The van der Waals surface area contributed by atoms with Crippen LogP contribution in [-0.2, 0) is 34.0 Å². The maximum atomic E-state index is 13.8. The molecule has 0 fully saturated rings. The van der Waals surface area contributed by atoms with Crippen LogP contribution >= 0.6 is 0 Å². The Morgan fingerprint density at radius 2 is 0.904 bits per heavy atom. The van der Waals surface area contributed by atoms with Crippen molar-refractivity contribution < 1.29 is 19.5 Å². The van der Waals surface area contributed by atoms with E-state index >= 15 is 0 Å². The molecule has 3 heterocycles. The zero-order valence-corrected chi connectivity index (χ0v) is 26.8. The maximum absolute atomic E-state index is 13.8. The normalized spacial score (nSPS) is 13.1. The van der Waals surface area contributed by atoms with E-state index in [9.17, 15) is 48.3 Å². The summed E-state index contributed by atoms with van der Waals surface area (Å²) in [4.78, 5) is 125. The van der Waals surface area contributed by atoms with Crippen LogP contribution in [0.1, 0.15) is 0 Å². The first-order valence-corrected chi connectivity index (χ1v) is 15.6. The maximum Gasteiger partial charge on any atom is 0.328 e. The van der Waals surface area contributed by atoms with Crippen molar-refractivity contribution in [1.29, 1.82) is 0 Å². The fourth-order valence-electron chi connectivity index (χ4n) is 5.67. The molecule has 3 aromatic carbocycles. The molecular weight excluding hydrogens is 682 g/mol. The number of carboxylic acids is 1. The largest absolute Gasteiger partial charge is 0.480 e. The van der Waals surface area contributed by atoms with Crippen molar-refractivity contribution in [3.8, 4) is 0 Å². The average Bonchev–Trinajstić information content (AvgIpc) is 3.12. The van der Waals surface area contributed by atoms with Gasteiger partial charge in [0.15, 0.2) is 0 Å². The van der Waals surface area contributed by atoms with E-state index in [0.717, 1.165) is 0 Å². The summed E-state index contributed by atoms with van der Waals surface area (Å²) in [6.07, 6.45) is 0. The molecule has 8 N–H and O–H groups in total. The number of para-hydroxylation sites is 3. The molecular formula is C33H29N9O10. The average molecular weight is 712 g/mol. The molecule has 0 unspecified atom stereocenters. The minimum absolute atomic E-state index is 0.0532. The monoisotopic (exact) mass is 711 g/mol. The van der Waals surface area contributed by atoms with Crippen LogP contribution in [0.3, 0.4) is 0 Å². The number of aromatic amines is 3. The number of carbonyl (C=O) groups is 3. The highest BCUT2D eigenvalue weighted by atomic mass is 16.4. The van der Waals surface area contributed by atoms with Gasteiger partial charge in [0.1, 0.15) is 18.1 Å². The Morgan fingerprint density at radius 3 is 1.31 bits per heavy atom. The minimum atomic E-state index is -1.94. The first kappa shape index (κ1) is 34.7. The number of fused-ring (bicyclic) bond motifs is 3. The number of carboxylic acid groups (broad SMARTS) is 1. The summed E-state index contributed by atoms with van der Waals surface area (Å²) in [7, 11) is 0. The van der Waals surface area contributed by atoms with Crippen LogP contribution in [0.5, 0.6) is 0 Å². The summed E-state index contributed by atoms with van der Waals surface area (Å²) in [5.74, 6) is -4.05. The number of hydrogen-bond acceptors (Lipinski definition) is 10. The predicted molar refractivity (Wildman–Crippen MR) is 186 cm³/mol. The van der Waals surface area contributed by atoms with Crippen molar-refractivity contribution in [1.82, 2.24) is 39.3 Å². The highest BCUT2D eigenvalue weighted by molar-refractivity contribution is 5.92. The fourth-order valence-corrected chi connectivity index (χ4v) is 5.67. The molecule has 0 aliphatic heterocycles. The second-order valence-corrected chi connectivity index (χ2v) is 11.7. The van der Waals surface area contributed by atoms with E-state index in [2.05, 4.69) is 25.6 Å². The number of amides is 2. The number of aromatic nitrogens is 6. The van der Waals surface area contributed by atoms with E-state index < -0.39 is 89.3 Å². The molecule has 0 radical (unpaired) electrons. The fraction of sp³-hybridized carbons (Fsp3) is 0.182. The minimum Gasteiger partial charge on any atom is -0.480 e. The van der Waals surface area contributed by atoms with Crippen molar-refractivity contribution in [2.24, 2.45) is 5.73 Å². The molecule has 266 valence electrons. The van der Waals surface area contributed by atoms with E-state index in [4.69, 9.17) is 5.73 Å². The molecule has 19 heteroatoms. The Labute approximate surface area is 288 Å². The Bertz CT molecular complexity index is 2780. The van der Waals surface area contributed by atoms with Crippen LogP contribution in [-0.4, -0.2) is 69.7 Å². The number of carbonyl (C=O) groups excluding carboxylic acids is 2. The molecule has 0 saturated heterocycles. The molecule has 6 rings (SSSR count). The van der Waals surface area contributed by atoms with Crippen molar-refractivity contribution in [2.75, 3.05) is 0 Å². The molecule has 0 aliphatic rings. The molecule has 0 aliphatic carbocycles. The van der Waals surface area contributed by atoms with E-state index in [1.807, 2.05) is 0 Å². The topological polar surface area (TPSA) is 286 Å². The van der Waals surface area contributed by atoms with Gasteiger partial charge >= 0.3 is 23.0 Å². The second-order valence-electron chi connectivity index (χ2n) is 11.7. The van der Waals surface area contributed by atoms with Crippen LogP contribution in [0, 0.1) is 0 Å². The van der Waals surface area contributed by atoms with Gasteiger partial charge in [-0.05, 0) is 36.4 Å². The van der Waals surface area contributed by atoms with E-state index in [-0.39, 0.29) is 32.7 Å². The highest BCUT2D eigenvalue weighted by Gasteiger charge is 2.31. The van der Waals surface area contributed by atoms with Crippen LogP contribution in [0.4, 0.5) is 0 Å². The molecule has 0 spiro atoms. The van der Waals surface area contributed by atoms with E-state index in [1.165, 1.54) is 48.5 Å². The van der Waals surface area contributed by atoms with Crippen molar-refractivity contribution >= 4 is 50.5 Å². The second kappa shape index (κ2) is 14.0. The summed E-state index contributed by atoms with van der Waals surface area (Å²) in [5.41, 5.74) is 1.44. The lowest BCUT2D eigenvalue weighted by atomic mass is 10.1. The molecule has 3 atom stereocenters. The Kier molecular flexibility index (Phi) is 9.34. The zero-order chi connectivity index (χ0) is 37.3. The molecule has 6 aromatic rings. The van der Waals surface area contributed by atoms with Crippen molar-refractivity contribution in [3.63, 3.8) is 0 Å². The number of rotatable bonds is 11. The van der Waals surface area contributed by atoms with E-state index in [1.54, 1.807) is 24.3 Å². The van der Waals surface area contributed by atoms with E-state index in [0.29, 0.717) is 13.7 Å². The number of H-pyrrole nitrogens is 3. The summed E-state index contributed by atoms with van der Waals surface area (Å²) in [6.45, 7) is -2.37. The summed E-state index contributed by atoms with van der Waals surface area (Å²) < 4.78 is 1.85. The van der Waals surface area contributed by atoms with Gasteiger partial charge in [-0.3, -0.25) is 37.7 Å². The summed E-state index contributed by atoms with van der Waals surface area (Å²) >= 11 is 0. The van der Waals surface area contributed by atoms with Gasteiger partial charge in [-0.15, -0.1) is 0 Å². The van der Waals surface area contributed by atoms with Gasteiger partial charge in [0.25, 0.3) is 16.7 Å². The number of nitrogens with one attached hydrogen (secondary N) is 5. The molecule has 2 amide bonds. The predicted octanol–water partition coefficient (Wildman–Crippen LogP) is -2.52. The van der Waals surface area contributed by atoms with Gasteiger partial charge in [-0.2, -0.15) is 0 Å². The number of hydrogen-bond donors (Lipinski definition) is 7. The van der Waals surface area contributed by atoms with Gasteiger partial charge in [0.2, 0.25) is 11.8 Å². The third kappa shape index (κ3) is 6.70. The molecule has 0 saturated carbocycles. The lowest BCUT2D eigenvalue weighted by molar-refractivity contribution is -0.142. The van der Waals surface area contributed by atoms with Crippen LogP contribution in [0.15, 0.2) is 102 Å². The Balaban J connectivity index is 1.32. The lowest BCUT2D eigenvalue weighted by Crippen LogP contribution is -2.59. The van der Waals surface area contributed by atoms with Gasteiger partial charge in [-0.25, -0.2) is 19.2 Å². The zero-order valence-electron chi connectivity index (χ0n) is 26.8. The molecule has 19 nitrogen and oxygen atoms in total. The standard InChI is InChI=1S/C33H29N9O10/c34-19(13-40-27(45)16-7-1-4-10-20(16)37-31(40)50)25(43)35-23(14-41-28(46)17-8-2-5-11-21(17)38-32(41)51)26(44)36-24(30(48)49)15-42-29(47)18-9-3-6-12-22(18)39-33(42)52/h1-12,19,23-24H,13-15,34H2,(H,35,43)(H,36,44)(H,37,50)(H,38,51)(H,39,52)(H,48,49)/t19-,23-,24-/m1/s1. The smallest absolute Gasteiger partial charge is 0.328 e. The highest BCUT2D eigenvalue weighted by Crippen LogP contribution is 2.06. The number of aliphatic carboxylic acids is 1. The van der Waals surface area contributed by atoms with Crippen LogP contribution < -0.4 is 50.1 Å². The number of benzene rings is 3. The first-order chi connectivity index (χ1) is 24.8. The van der Waals surface area contributed by atoms with Crippen LogP contribution in [0.25, 0.3) is 32.7 Å². The Morgan fingerprint density at radius 1 is 0.558 bits per heavy atom. The first-order valence-electron chi connectivity index (χ1n) is 15.6. The van der Waals surface area contributed by atoms with Gasteiger partial charge in [-0.1, -0.05) is 36.4 Å². The summed E-state index contributed by atoms with van der Waals surface area (Å²) in [6, 6.07) is 12.6. The number of nitrogens with zero attached hydrogens (tertiary/aromatic N) is 3. The third-order valence-electron chi connectivity index (χ3n) is 8.36. The van der Waals surface area contributed by atoms with Crippen LogP contribution in [0.2, 0.25) is 0 Å². The van der Waals surface area contributed by atoms with Gasteiger partial charge in [0.05, 0.1) is 52.3 Å². The number of nitrogens with two attached hydrogens (primary N) is 1. The van der Waals surface area contributed by atoms with Crippen molar-refractivity contribution in [3.05, 3.63) is 135 Å². The molecule has 52 heavy (non-hydrogen) atoms. The van der Waals surface area contributed by atoms with Crippen molar-refractivity contribution in [2.45, 2.75) is 37.8 Å². The Hall–Kier alpha value is -7.15. The molecule has 0 bridgehead atoms. The lowest BCUT2D eigenvalue weighted by Gasteiger charge is -2.23. The SMILES string of the molecule is N[C@H](Cn1c(=O)[nH]c2ccccc2c1=O)C(=O)N[C@H](Cn1c(=O)[nH]c2ccccc2c1=O)C(=O)N[C@H](Cn1c(=O)[nH]c2ccccc2c1=O)C(=O)O. The molecule has 3 aromatic heterocycles. The third-order valence-corrected chi connectivity index (χ3v) is 8.36.